The highest BCUT2D eigenvalue weighted by atomic mass is 16.5. The molecular weight excluding hydrogens is 372 g/mol. The Labute approximate surface area is 170 Å². The molecule has 0 saturated heterocycles. The minimum absolute atomic E-state index is 0.0203. The first kappa shape index (κ1) is 21.9. The second kappa shape index (κ2) is 10.8. The SMILES string of the molecule is CCOc1ccccc1C(=O)NCC(=O)NCC(Cc1cccc(C)c1)C(=O)O. The molecule has 0 bridgehead atoms. The second-order valence-corrected chi connectivity index (χ2v) is 6.64. The highest BCUT2D eigenvalue weighted by molar-refractivity contribution is 5.98. The largest absolute Gasteiger partial charge is 0.493 e. The van der Waals surface area contributed by atoms with Crippen LogP contribution in [0.5, 0.6) is 5.75 Å². The van der Waals surface area contributed by atoms with Crippen LogP contribution in [-0.2, 0) is 16.0 Å². The van der Waals surface area contributed by atoms with E-state index in [0.717, 1.165) is 11.1 Å². The van der Waals surface area contributed by atoms with E-state index in [4.69, 9.17) is 4.74 Å². The summed E-state index contributed by atoms with van der Waals surface area (Å²) in [5.74, 6) is -2.19. The van der Waals surface area contributed by atoms with E-state index in [0.29, 0.717) is 24.3 Å². The zero-order valence-corrected chi connectivity index (χ0v) is 16.6. The smallest absolute Gasteiger partial charge is 0.308 e. The highest BCUT2D eigenvalue weighted by Gasteiger charge is 2.19. The Morgan fingerprint density at radius 1 is 1.07 bits per heavy atom. The Morgan fingerprint density at radius 2 is 1.83 bits per heavy atom. The van der Waals surface area contributed by atoms with Gasteiger partial charge in [-0.3, -0.25) is 14.4 Å². The molecule has 0 radical (unpaired) electrons. The molecular formula is C22H26N2O5. The van der Waals surface area contributed by atoms with Gasteiger partial charge in [-0.25, -0.2) is 0 Å². The summed E-state index contributed by atoms with van der Waals surface area (Å²) in [5, 5.41) is 14.5. The van der Waals surface area contributed by atoms with Gasteiger partial charge in [-0.2, -0.15) is 0 Å². The van der Waals surface area contributed by atoms with E-state index in [1.165, 1.54) is 0 Å². The Bertz CT molecular complexity index is 866. The van der Waals surface area contributed by atoms with Crippen LogP contribution in [0, 0.1) is 12.8 Å². The maximum absolute atomic E-state index is 12.3. The molecule has 1 atom stereocenters. The Morgan fingerprint density at radius 3 is 2.52 bits per heavy atom. The van der Waals surface area contributed by atoms with Gasteiger partial charge in [0.25, 0.3) is 5.91 Å². The van der Waals surface area contributed by atoms with Crippen LogP contribution in [0.3, 0.4) is 0 Å². The first-order valence-corrected chi connectivity index (χ1v) is 9.45. The van der Waals surface area contributed by atoms with Crippen molar-refractivity contribution in [2.45, 2.75) is 20.3 Å². The number of rotatable bonds is 10. The van der Waals surface area contributed by atoms with Crippen LogP contribution in [0.25, 0.3) is 0 Å². The Hall–Kier alpha value is -3.35. The molecule has 7 heteroatoms. The fraction of sp³-hybridized carbons (Fsp3) is 0.318. The number of carbonyl (C=O) groups excluding carboxylic acids is 2. The fourth-order valence-corrected chi connectivity index (χ4v) is 2.86. The lowest BCUT2D eigenvalue weighted by atomic mass is 9.98. The average molecular weight is 398 g/mol. The molecule has 3 N–H and O–H groups in total. The zero-order chi connectivity index (χ0) is 21.2. The molecule has 0 aromatic heterocycles. The highest BCUT2D eigenvalue weighted by Crippen LogP contribution is 2.17. The molecule has 7 nitrogen and oxygen atoms in total. The van der Waals surface area contributed by atoms with Gasteiger partial charge >= 0.3 is 5.97 Å². The van der Waals surface area contributed by atoms with Gasteiger partial charge in [-0.1, -0.05) is 42.0 Å². The third-order valence-electron chi connectivity index (χ3n) is 4.30. The van der Waals surface area contributed by atoms with Crippen LogP contribution in [0.2, 0.25) is 0 Å². The third-order valence-corrected chi connectivity index (χ3v) is 4.30. The summed E-state index contributed by atoms with van der Waals surface area (Å²) >= 11 is 0. The van der Waals surface area contributed by atoms with Crippen molar-refractivity contribution < 1.29 is 24.2 Å². The number of para-hydroxylation sites is 1. The summed E-state index contributed by atoms with van der Waals surface area (Å²) in [6.07, 6.45) is 0.311. The van der Waals surface area contributed by atoms with Crippen LogP contribution in [0.15, 0.2) is 48.5 Å². The number of carbonyl (C=O) groups is 3. The maximum Gasteiger partial charge on any atom is 0.308 e. The Kier molecular flexibility index (Phi) is 8.21. The van der Waals surface area contributed by atoms with Crippen LogP contribution in [-0.4, -0.2) is 42.6 Å². The number of carboxylic acid groups (broad SMARTS) is 1. The summed E-state index contributed by atoms with van der Waals surface area (Å²) in [6, 6.07) is 14.4. The molecule has 0 spiro atoms. The Balaban J connectivity index is 1.86. The molecule has 0 saturated carbocycles. The van der Waals surface area contributed by atoms with E-state index in [9.17, 15) is 19.5 Å². The fourth-order valence-electron chi connectivity index (χ4n) is 2.86. The first-order valence-electron chi connectivity index (χ1n) is 9.45. The van der Waals surface area contributed by atoms with Gasteiger partial charge in [0.1, 0.15) is 5.75 Å². The molecule has 2 aromatic rings. The normalized spacial score (nSPS) is 11.4. The van der Waals surface area contributed by atoms with Crippen LogP contribution in [0.4, 0.5) is 0 Å². The molecule has 2 rings (SSSR count). The van der Waals surface area contributed by atoms with Crippen molar-refractivity contribution in [1.82, 2.24) is 10.6 Å². The van der Waals surface area contributed by atoms with Gasteiger partial charge in [0.2, 0.25) is 5.91 Å². The molecule has 1 unspecified atom stereocenters. The van der Waals surface area contributed by atoms with Crippen molar-refractivity contribution in [3.05, 3.63) is 65.2 Å². The molecule has 0 aliphatic carbocycles. The quantitative estimate of drug-likeness (QED) is 0.569. The van der Waals surface area contributed by atoms with Gasteiger partial charge in [-0.05, 0) is 38.0 Å². The summed E-state index contributed by atoms with van der Waals surface area (Å²) in [4.78, 5) is 35.9. The molecule has 0 heterocycles. The minimum atomic E-state index is -0.985. The van der Waals surface area contributed by atoms with Crippen molar-refractivity contribution in [3.63, 3.8) is 0 Å². The number of hydrogen-bond acceptors (Lipinski definition) is 4. The number of aryl methyl sites for hydroxylation is 1. The van der Waals surface area contributed by atoms with E-state index < -0.39 is 23.7 Å². The number of aliphatic carboxylic acids is 1. The van der Waals surface area contributed by atoms with E-state index in [1.54, 1.807) is 24.3 Å². The number of ether oxygens (including phenoxy) is 1. The zero-order valence-electron chi connectivity index (χ0n) is 16.6. The van der Waals surface area contributed by atoms with Gasteiger partial charge in [-0.15, -0.1) is 0 Å². The van der Waals surface area contributed by atoms with E-state index in [-0.39, 0.29) is 13.1 Å². The molecule has 0 aliphatic heterocycles. The van der Waals surface area contributed by atoms with Crippen LogP contribution in [0.1, 0.15) is 28.4 Å². The van der Waals surface area contributed by atoms with Gasteiger partial charge in [0.15, 0.2) is 0 Å². The standard InChI is InChI=1S/C22H26N2O5/c1-3-29-19-10-5-4-9-18(19)21(26)24-14-20(25)23-13-17(22(27)28)12-16-8-6-7-15(2)11-16/h4-11,17H,3,12-14H2,1-2H3,(H,23,25)(H,24,26)(H,27,28). The van der Waals surface area contributed by atoms with Gasteiger partial charge < -0.3 is 20.5 Å². The molecule has 154 valence electrons. The summed E-state index contributed by atoms with van der Waals surface area (Å²) in [5.41, 5.74) is 2.28. The molecule has 2 amide bonds. The van der Waals surface area contributed by atoms with E-state index >= 15 is 0 Å². The lowest BCUT2D eigenvalue weighted by Crippen LogP contribution is -2.40. The molecule has 0 aliphatic rings. The molecule has 29 heavy (non-hydrogen) atoms. The summed E-state index contributed by atoms with van der Waals surface area (Å²) in [6.45, 7) is 3.90. The number of benzene rings is 2. The summed E-state index contributed by atoms with van der Waals surface area (Å²) in [7, 11) is 0. The third kappa shape index (κ3) is 6.95. The average Bonchev–Trinajstić information content (AvgIpc) is 2.69. The topological polar surface area (TPSA) is 105 Å². The first-order chi connectivity index (χ1) is 13.9. The lowest BCUT2D eigenvalue weighted by molar-refractivity contribution is -0.141. The minimum Gasteiger partial charge on any atom is -0.493 e. The predicted octanol–water partition coefficient (Wildman–Crippen LogP) is 2.18. The van der Waals surface area contributed by atoms with Crippen LogP contribution >= 0.6 is 0 Å². The van der Waals surface area contributed by atoms with E-state index in [2.05, 4.69) is 10.6 Å². The van der Waals surface area contributed by atoms with Gasteiger partial charge in [0.05, 0.1) is 24.6 Å². The second-order valence-electron chi connectivity index (χ2n) is 6.64. The number of amides is 2. The monoisotopic (exact) mass is 398 g/mol. The van der Waals surface area contributed by atoms with Gasteiger partial charge in [0, 0.05) is 6.54 Å². The number of carboxylic acids is 1. The summed E-state index contributed by atoms with van der Waals surface area (Å²) < 4.78 is 5.41. The molecule has 2 aromatic carbocycles. The molecule has 0 fully saturated rings. The van der Waals surface area contributed by atoms with Crippen molar-refractivity contribution in [1.29, 1.82) is 0 Å². The maximum atomic E-state index is 12.3. The number of hydrogen-bond donors (Lipinski definition) is 3. The van der Waals surface area contributed by atoms with Crippen molar-refractivity contribution in [3.8, 4) is 5.75 Å². The lowest BCUT2D eigenvalue weighted by Gasteiger charge is -2.14. The van der Waals surface area contributed by atoms with Crippen molar-refractivity contribution >= 4 is 17.8 Å². The van der Waals surface area contributed by atoms with Crippen LogP contribution < -0.4 is 15.4 Å². The van der Waals surface area contributed by atoms with E-state index in [1.807, 2.05) is 38.1 Å². The number of nitrogens with one attached hydrogen (secondary N) is 2. The van der Waals surface area contributed by atoms with Crippen molar-refractivity contribution in [2.75, 3.05) is 19.7 Å². The predicted molar refractivity (Wildman–Crippen MR) is 109 cm³/mol. The van der Waals surface area contributed by atoms with Crippen molar-refractivity contribution in [2.24, 2.45) is 5.92 Å².